The van der Waals surface area contributed by atoms with Crippen molar-refractivity contribution in [2.45, 2.75) is 0 Å². The smallest absolute Gasteiger partial charge is 0.0406 e. The van der Waals surface area contributed by atoms with E-state index >= 15 is 0 Å². The van der Waals surface area contributed by atoms with E-state index in [0.717, 1.165) is 32.3 Å². The second-order valence-corrected chi connectivity index (χ2v) is 12.7. The molecule has 0 unspecified atom stereocenters. The van der Waals surface area contributed by atoms with Crippen molar-refractivity contribution in [2.24, 2.45) is 0 Å². The van der Waals surface area contributed by atoms with E-state index in [1.807, 2.05) is 24.3 Å². The quantitative estimate of drug-likeness (QED) is 0.129. The number of benzene rings is 6. The minimum Gasteiger partial charge on any atom is -0.0843 e. The lowest BCUT2D eigenvalue weighted by Crippen LogP contribution is -2.22. The van der Waals surface area contributed by atoms with Gasteiger partial charge in [-0.05, 0) is 87.6 Å². The zero-order valence-electron chi connectivity index (χ0n) is 22.3. The van der Waals surface area contributed by atoms with Gasteiger partial charge in [0, 0.05) is 10.0 Å². The lowest BCUT2D eigenvalue weighted by molar-refractivity contribution is 1.54. The number of rotatable bonds is 7. The zero-order valence-corrected chi connectivity index (χ0v) is 24.7. The molecule has 0 saturated carbocycles. The molecule has 0 aliphatic heterocycles. The summed E-state index contributed by atoms with van der Waals surface area (Å²) in [4.78, 5) is 0. The maximum absolute atomic E-state index is 6.31. The molecule has 0 aromatic heterocycles. The molecule has 3 heteroatoms. The Morgan fingerprint density at radius 1 is 0.463 bits per heavy atom. The normalized spacial score (nSPS) is 11.5. The molecule has 0 bridgehead atoms. The van der Waals surface area contributed by atoms with Crippen LogP contribution in [0, 0.1) is 0 Å². The van der Waals surface area contributed by atoms with E-state index in [4.69, 9.17) is 23.2 Å². The fraction of sp³-hybridized carbons (Fsp3) is 0. The topological polar surface area (TPSA) is 0 Å². The Bertz CT molecular complexity index is 1740. The van der Waals surface area contributed by atoms with Crippen molar-refractivity contribution >= 4 is 58.7 Å². The summed E-state index contributed by atoms with van der Waals surface area (Å²) in [5, 5.41) is 5.42. The highest BCUT2D eigenvalue weighted by molar-refractivity contribution is 7.80. The molecule has 0 aliphatic rings. The number of hydrogen-bond acceptors (Lipinski definition) is 0. The van der Waals surface area contributed by atoms with E-state index in [9.17, 15) is 0 Å². The largest absolute Gasteiger partial charge is 0.0843 e. The third-order valence-corrected chi connectivity index (χ3v) is 10.0. The van der Waals surface area contributed by atoms with E-state index in [2.05, 4.69) is 140 Å². The molecule has 0 heterocycles. The van der Waals surface area contributed by atoms with Gasteiger partial charge < -0.3 is 0 Å². The average molecular weight is 586 g/mol. The minimum atomic E-state index is -0.784. The molecule has 0 nitrogen and oxygen atoms in total. The Kier molecular flexibility index (Phi) is 8.45. The fourth-order valence-corrected chi connectivity index (χ4v) is 7.82. The molecule has 0 radical (unpaired) electrons. The monoisotopic (exact) mass is 584 g/mol. The van der Waals surface area contributed by atoms with Gasteiger partial charge in [-0.1, -0.05) is 157 Å². The van der Waals surface area contributed by atoms with Gasteiger partial charge in [-0.25, -0.2) is 0 Å². The molecule has 41 heavy (non-hydrogen) atoms. The molecule has 0 aliphatic carbocycles. The van der Waals surface area contributed by atoms with Gasteiger partial charge in [0.25, 0.3) is 0 Å². The van der Waals surface area contributed by atoms with Crippen molar-refractivity contribution in [3.05, 3.63) is 184 Å². The summed E-state index contributed by atoms with van der Waals surface area (Å²) >= 11 is 12.5. The highest BCUT2D eigenvalue weighted by Gasteiger charge is 2.22. The first-order valence-electron chi connectivity index (χ1n) is 13.5. The summed E-state index contributed by atoms with van der Waals surface area (Å²) in [6, 6.07) is 55.3. The van der Waals surface area contributed by atoms with Gasteiger partial charge in [-0.2, -0.15) is 0 Å². The van der Waals surface area contributed by atoms with Gasteiger partial charge in [0.2, 0.25) is 0 Å². The molecule has 0 spiro atoms. The van der Waals surface area contributed by atoms with Gasteiger partial charge in [0.1, 0.15) is 0 Å². The van der Waals surface area contributed by atoms with Gasteiger partial charge in [-0.3, -0.25) is 0 Å². The summed E-state index contributed by atoms with van der Waals surface area (Å²) in [5.41, 5.74) is 6.89. The van der Waals surface area contributed by atoms with Crippen LogP contribution in [0.5, 0.6) is 0 Å². The maximum Gasteiger partial charge on any atom is 0.0406 e. The molecule has 0 N–H and O–H groups in total. The highest BCUT2D eigenvalue weighted by Crippen LogP contribution is 2.40. The second-order valence-electron chi connectivity index (χ2n) is 9.69. The van der Waals surface area contributed by atoms with Crippen LogP contribution in [0.25, 0.3) is 22.8 Å². The summed E-state index contributed by atoms with van der Waals surface area (Å²) in [5.74, 6) is 0. The average Bonchev–Trinajstić information content (AvgIpc) is 3.03. The first-order valence-corrected chi connectivity index (χ1v) is 15.6. The maximum atomic E-state index is 6.31. The van der Waals surface area contributed by atoms with Gasteiger partial charge in [0.05, 0.1) is 0 Å². The lowest BCUT2D eigenvalue weighted by atomic mass is 9.89. The fourth-order valence-electron chi connectivity index (χ4n) is 5.10. The van der Waals surface area contributed by atoms with Crippen molar-refractivity contribution in [2.75, 3.05) is 0 Å². The van der Waals surface area contributed by atoms with E-state index in [-0.39, 0.29) is 0 Å². The molecular formula is C38H27Cl2P. The first kappa shape index (κ1) is 27.3. The van der Waals surface area contributed by atoms with Gasteiger partial charge in [-0.15, -0.1) is 0 Å². The predicted octanol–water partition coefficient (Wildman–Crippen LogP) is 10.0. The van der Waals surface area contributed by atoms with Gasteiger partial charge >= 0.3 is 0 Å². The van der Waals surface area contributed by atoms with Crippen LogP contribution in [0.4, 0.5) is 0 Å². The summed E-state index contributed by atoms with van der Waals surface area (Å²) in [7, 11) is -0.784. The third kappa shape index (κ3) is 6.22. The van der Waals surface area contributed by atoms with Crippen LogP contribution in [0.3, 0.4) is 0 Å². The van der Waals surface area contributed by atoms with Crippen molar-refractivity contribution < 1.29 is 0 Å². The van der Waals surface area contributed by atoms with Crippen LogP contribution in [-0.4, -0.2) is 0 Å². The molecule has 6 rings (SSSR count). The molecule has 0 amide bonds. The van der Waals surface area contributed by atoms with Crippen LogP contribution in [0.2, 0.25) is 10.0 Å². The Morgan fingerprint density at radius 2 is 0.951 bits per heavy atom. The predicted molar refractivity (Wildman–Crippen MR) is 180 cm³/mol. The van der Waals surface area contributed by atoms with Crippen molar-refractivity contribution in [1.29, 1.82) is 0 Å². The first-order chi connectivity index (χ1) is 20.2. The molecule has 198 valence electrons. The van der Waals surface area contributed by atoms with Crippen molar-refractivity contribution in [3.63, 3.8) is 0 Å². The number of hydrogen-bond donors (Lipinski definition) is 0. The Hall–Kier alpha value is -3.93. The minimum absolute atomic E-state index is 0.717. The molecular weight excluding hydrogens is 558 g/mol. The second kappa shape index (κ2) is 12.7. The molecule has 6 aromatic carbocycles. The lowest BCUT2D eigenvalue weighted by Gasteiger charge is -2.24. The van der Waals surface area contributed by atoms with Crippen LogP contribution in [-0.2, 0) is 0 Å². The van der Waals surface area contributed by atoms with E-state index in [1.165, 1.54) is 27.0 Å². The van der Waals surface area contributed by atoms with Crippen LogP contribution in [0.1, 0.15) is 16.7 Å². The Labute approximate surface area is 253 Å². The Balaban J connectivity index is 1.57. The van der Waals surface area contributed by atoms with E-state index < -0.39 is 7.92 Å². The Morgan fingerprint density at radius 3 is 1.56 bits per heavy atom. The van der Waals surface area contributed by atoms with E-state index in [1.54, 1.807) is 0 Å². The van der Waals surface area contributed by atoms with Crippen LogP contribution < -0.4 is 15.9 Å². The third-order valence-electron chi connectivity index (χ3n) is 7.02. The zero-order chi connectivity index (χ0) is 28.0. The SMILES string of the molecule is Clc1ccc(/C=C(\c2ccc(Cl)cc2)c2ccccc2-c2ccccc2P(c2ccccc2)c2ccccc2)cc1. The number of halogens is 2. The van der Waals surface area contributed by atoms with Gasteiger partial charge in [0.15, 0.2) is 0 Å². The van der Waals surface area contributed by atoms with E-state index in [0.29, 0.717) is 0 Å². The highest BCUT2D eigenvalue weighted by atomic mass is 35.5. The standard InChI is InChI=1S/C38H27Cl2P/c39-30-23-19-28(20-24-30)27-37(29-21-25-31(40)26-22-29)35-16-8-7-15-34(35)36-17-9-10-18-38(36)41(32-11-3-1-4-12-32)33-13-5-2-6-14-33/h1-27H/b37-27+. The van der Waals surface area contributed by atoms with Crippen molar-refractivity contribution in [1.82, 2.24) is 0 Å². The summed E-state index contributed by atoms with van der Waals surface area (Å²) < 4.78 is 0. The molecule has 0 fully saturated rings. The van der Waals surface area contributed by atoms with Crippen LogP contribution in [0.15, 0.2) is 158 Å². The summed E-state index contributed by atoms with van der Waals surface area (Å²) in [6.07, 6.45) is 2.23. The summed E-state index contributed by atoms with van der Waals surface area (Å²) in [6.45, 7) is 0. The van der Waals surface area contributed by atoms with Crippen molar-refractivity contribution in [3.8, 4) is 11.1 Å². The molecule has 0 atom stereocenters. The molecule has 0 saturated heterocycles. The van der Waals surface area contributed by atoms with Crippen LogP contribution >= 0.6 is 31.1 Å². The molecule has 6 aromatic rings.